The summed E-state index contributed by atoms with van der Waals surface area (Å²) in [5.41, 5.74) is 1.90. The van der Waals surface area contributed by atoms with Gasteiger partial charge in [0.25, 0.3) is 0 Å². The molecule has 2 heterocycles. The summed E-state index contributed by atoms with van der Waals surface area (Å²) in [5, 5.41) is 4.93. The second kappa shape index (κ2) is 6.51. The average molecular weight is 345 g/mol. The van der Waals surface area contributed by atoms with Crippen molar-refractivity contribution in [2.75, 3.05) is 6.61 Å². The second-order valence-corrected chi connectivity index (χ2v) is 5.54. The molecule has 0 amide bonds. The number of halogens is 2. The Bertz CT molecular complexity index is 986. The van der Waals surface area contributed by atoms with Gasteiger partial charge in [0.15, 0.2) is 11.6 Å². The van der Waals surface area contributed by atoms with Crippen LogP contribution in [-0.4, -0.2) is 26.9 Å². The Morgan fingerprint density at radius 2 is 2.04 bits per heavy atom. The number of rotatable bonds is 4. The van der Waals surface area contributed by atoms with Crippen LogP contribution in [0.2, 0.25) is 0 Å². The number of carbonyl (C=O) groups excluding carboxylic acids is 1. The molecule has 0 bridgehead atoms. The van der Waals surface area contributed by atoms with Crippen molar-refractivity contribution in [3.8, 4) is 5.82 Å². The molecule has 0 N–H and O–H groups in total. The Morgan fingerprint density at radius 3 is 2.76 bits per heavy atom. The van der Waals surface area contributed by atoms with E-state index in [9.17, 15) is 13.6 Å². The number of carbonyl (C=O) groups is 1. The van der Waals surface area contributed by atoms with Crippen LogP contribution in [0.3, 0.4) is 0 Å². The van der Waals surface area contributed by atoms with E-state index in [1.165, 1.54) is 6.08 Å². The molecule has 130 valence electrons. The topological polar surface area (TPSA) is 49.0 Å². The van der Waals surface area contributed by atoms with Gasteiger partial charge in [-0.3, -0.25) is 4.68 Å². The Hall–Kier alpha value is -2.96. The number of ether oxygens (including phenoxy) is 1. The largest absolute Gasteiger partial charge is 0.463 e. The SMILES string of the molecule is CCOC(=O)C=Cc1c(C)nn(C)c1-n1ccc2cc(F)c(F)cc21. The molecule has 7 heteroatoms. The van der Waals surface area contributed by atoms with Crippen LogP contribution < -0.4 is 0 Å². The molecule has 0 aliphatic heterocycles. The number of hydrogen-bond acceptors (Lipinski definition) is 3. The molecular formula is C18H17F2N3O2. The van der Waals surface area contributed by atoms with Crippen LogP contribution in [0.1, 0.15) is 18.2 Å². The molecule has 0 saturated heterocycles. The van der Waals surface area contributed by atoms with Gasteiger partial charge in [0.1, 0.15) is 5.82 Å². The molecular weight excluding hydrogens is 328 g/mol. The standard InChI is InChI=1S/C18H17F2N3O2/c1-4-25-17(24)6-5-13-11(2)21-22(3)18(13)23-8-7-12-9-14(19)15(20)10-16(12)23/h5-10H,4H2,1-3H3. The lowest BCUT2D eigenvalue weighted by atomic mass is 10.2. The Morgan fingerprint density at radius 1 is 1.32 bits per heavy atom. The highest BCUT2D eigenvalue weighted by atomic mass is 19.2. The van der Waals surface area contributed by atoms with Crippen LogP contribution in [0, 0.1) is 18.6 Å². The summed E-state index contributed by atoms with van der Waals surface area (Å²) < 4.78 is 35.3. The molecule has 0 fully saturated rings. The first-order valence-electron chi connectivity index (χ1n) is 7.77. The molecule has 1 aromatic carbocycles. The van der Waals surface area contributed by atoms with E-state index in [4.69, 9.17) is 4.74 Å². The maximum absolute atomic E-state index is 13.7. The van der Waals surface area contributed by atoms with Crippen LogP contribution in [0.25, 0.3) is 22.8 Å². The van der Waals surface area contributed by atoms with E-state index in [1.807, 2.05) is 0 Å². The predicted molar refractivity (Wildman–Crippen MR) is 90.4 cm³/mol. The third-order valence-electron chi connectivity index (χ3n) is 3.87. The molecule has 0 spiro atoms. The lowest BCUT2D eigenvalue weighted by Crippen LogP contribution is -2.04. The summed E-state index contributed by atoms with van der Waals surface area (Å²) >= 11 is 0. The van der Waals surface area contributed by atoms with E-state index in [2.05, 4.69) is 5.10 Å². The fourth-order valence-corrected chi connectivity index (χ4v) is 2.80. The molecule has 5 nitrogen and oxygen atoms in total. The van der Waals surface area contributed by atoms with Gasteiger partial charge >= 0.3 is 5.97 Å². The zero-order valence-electron chi connectivity index (χ0n) is 14.1. The Kier molecular flexibility index (Phi) is 4.39. The van der Waals surface area contributed by atoms with Gasteiger partial charge in [-0.15, -0.1) is 0 Å². The number of aromatic nitrogens is 3. The Labute approximate surface area is 143 Å². The van der Waals surface area contributed by atoms with Crippen LogP contribution in [0.15, 0.2) is 30.5 Å². The predicted octanol–water partition coefficient (Wildman–Crippen LogP) is 3.53. The van der Waals surface area contributed by atoms with Crippen molar-refractivity contribution in [2.45, 2.75) is 13.8 Å². The number of esters is 1. The lowest BCUT2D eigenvalue weighted by Gasteiger charge is -2.08. The number of hydrogen-bond donors (Lipinski definition) is 0. The number of fused-ring (bicyclic) bond motifs is 1. The highest BCUT2D eigenvalue weighted by Gasteiger charge is 2.16. The summed E-state index contributed by atoms with van der Waals surface area (Å²) in [6.07, 6.45) is 4.64. The normalized spacial score (nSPS) is 11.6. The first kappa shape index (κ1) is 16.9. The third kappa shape index (κ3) is 3.05. The third-order valence-corrected chi connectivity index (χ3v) is 3.87. The first-order valence-corrected chi connectivity index (χ1v) is 7.77. The Balaban J connectivity index is 2.15. The number of nitrogens with zero attached hydrogens (tertiary/aromatic N) is 3. The molecule has 0 unspecified atom stereocenters. The smallest absolute Gasteiger partial charge is 0.330 e. The molecule has 2 aromatic heterocycles. The minimum atomic E-state index is -0.921. The monoisotopic (exact) mass is 345 g/mol. The zero-order valence-corrected chi connectivity index (χ0v) is 14.1. The van der Waals surface area contributed by atoms with Gasteiger partial charge in [-0.1, -0.05) is 0 Å². The van der Waals surface area contributed by atoms with Gasteiger partial charge < -0.3 is 9.30 Å². The van der Waals surface area contributed by atoms with E-state index < -0.39 is 17.6 Å². The maximum atomic E-state index is 13.7. The van der Waals surface area contributed by atoms with Crippen molar-refractivity contribution in [3.05, 3.63) is 53.4 Å². The van der Waals surface area contributed by atoms with E-state index in [-0.39, 0.29) is 6.61 Å². The second-order valence-electron chi connectivity index (χ2n) is 5.54. The van der Waals surface area contributed by atoms with Crippen LogP contribution >= 0.6 is 0 Å². The highest BCUT2D eigenvalue weighted by molar-refractivity contribution is 5.88. The van der Waals surface area contributed by atoms with Gasteiger partial charge in [-0.25, -0.2) is 13.6 Å². The van der Waals surface area contributed by atoms with Crippen molar-refractivity contribution in [3.63, 3.8) is 0 Å². The summed E-state index contributed by atoms with van der Waals surface area (Å²) in [4.78, 5) is 11.6. The fraction of sp³-hybridized carbons (Fsp3) is 0.222. The van der Waals surface area contributed by atoms with E-state index in [0.717, 1.165) is 12.1 Å². The molecule has 0 atom stereocenters. The van der Waals surface area contributed by atoms with E-state index in [1.54, 1.807) is 48.5 Å². The average Bonchev–Trinajstić information content (AvgIpc) is 3.06. The van der Waals surface area contributed by atoms with Crippen LogP contribution in [0.4, 0.5) is 8.78 Å². The lowest BCUT2D eigenvalue weighted by molar-refractivity contribution is -0.137. The van der Waals surface area contributed by atoms with Crippen molar-refractivity contribution in [2.24, 2.45) is 7.05 Å². The molecule has 3 rings (SSSR count). The number of aryl methyl sites for hydroxylation is 2. The van der Waals surface area contributed by atoms with Gasteiger partial charge in [0, 0.05) is 36.3 Å². The zero-order chi connectivity index (χ0) is 18.1. The molecule has 0 aliphatic rings. The first-order chi connectivity index (χ1) is 11.9. The van der Waals surface area contributed by atoms with Gasteiger partial charge in [-0.05, 0) is 32.1 Å². The summed E-state index contributed by atoms with van der Waals surface area (Å²) in [7, 11) is 1.75. The maximum Gasteiger partial charge on any atom is 0.330 e. The van der Waals surface area contributed by atoms with Gasteiger partial charge in [-0.2, -0.15) is 5.10 Å². The molecule has 0 saturated carbocycles. The summed E-state index contributed by atoms with van der Waals surface area (Å²) in [5.74, 6) is -1.63. The van der Waals surface area contributed by atoms with Crippen molar-refractivity contribution < 1.29 is 18.3 Å². The molecule has 0 radical (unpaired) electrons. The molecule has 0 aliphatic carbocycles. The van der Waals surface area contributed by atoms with Crippen molar-refractivity contribution in [1.82, 2.24) is 14.3 Å². The van der Waals surface area contributed by atoms with Crippen LogP contribution in [-0.2, 0) is 16.6 Å². The van der Waals surface area contributed by atoms with Crippen molar-refractivity contribution in [1.29, 1.82) is 0 Å². The van der Waals surface area contributed by atoms with E-state index >= 15 is 0 Å². The quantitative estimate of drug-likeness (QED) is 0.537. The molecule has 3 aromatic rings. The molecule has 25 heavy (non-hydrogen) atoms. The van der Waals surface area contributed by atoms with E-state index in [0.29, 0.717) is 28.0 Å². The fourth-order valence-electron chi connectivity index (χ4n) is 2.80. The number of benzene rings is 1. The summed E-state index contributed by atoms with van der Waals surface area (Å²) in [6, 6.07) is 3.99. The van der Waals surface area contributed by atoms with Gasteiger partial charge in [0.2, 0.25) is 0 Å². The minimum Gasteiger partial charge on any atom is -0.463 e. The summed E-state index contributed by atoms with van der Waals surface area (Å²) in [6.45, 7) is 3.82. The van der Waals surface area contributed by atoms with Gasteiger partial charge in [0.05, 0.1) is 17.8 Å². The van der Waals surface area contributed by atoms with Crippen molar-refractivity contribution >= 4 is 22.9 Å². The van der Waals surface area contributed by atoms with Crippen LogP contribution in [0.5, 0.6) is 0 Å². The minimum absolute atomic E-state index is 0.287. The highest BCUT2D eigenvalue weighted by Crippen LogP contribution is 2.27.